The van der Waals surface area contributed by atoms with Crippen LogP contribution < -0.4 is 0 Å². The first-order valence-corrected chi connectivity index (χ1v) is 5.84. The van der Waals surface area contributed by atoms with Crippen LogP contribution in [0, 0.1) is 0 Å². The Morgan fingerprint density at radius 2 is 2.06 bits per heavy atom. The van der Waals surface area contributed by atoms with Crippen LogP contribution in [0.25, 0.3) is 0 Å². The molecule has 1 aromatic carbocycles. The van der Waals surface area contributed by atoms with Crippen LogP contribution in [0.1, 0.15) is 31.1 Å². The molecule has 1 amide bonds. The summed E-state index contributed by atoms with van der Waals surface area (Å²) in [5.74, 6) is 0.239. The zero-order chi connectivity index (χ0) is 11.0. The third kappa shape index (κ3) is 1.52. The maximum Gasteiger partial charge on any atom is 0.225 e. The lowest BCUT2D eigenvalue weighted by molar-refractivity contribution is -0.140. The number of rotatable bonds is 1. The SMILES string of the molecule is O=C1CCC[C@H]2CO[C@@H](c3ccccc3)N12. The molecular formula is C13H15NO2. The quantitative estimate of drug-likeness (QED) is 0.721. The predicted molar refractivity (Wildman–Crippen MR) is 59.6 cm³/mol. The van der Waals surface area contributed by atoms with E-state index >= 15 is 0 Å². The maximum atomic E-state index is 11.9. The van der Waals surface area contributed by atoms with Crippen molar-refractivity contribution in [2.24, 2.45) is 0 Å². The van der Waals surface area contributed by atoms with Crippen molar-refractivity contribution in [3.63, 3.8) is 0 Å². The van der Waals surface area contributed by atoms with Crippen molar-refractivity contribution < 1.29 is 9.53 Å². The van der Waals surface area contributed by atoms with Gasteiger partial charge in [0.05, 0.1) is 12.6 Å². The number of carbonyl (C=O) groups is 1. The summed E-state index contributed by atoms with van der Waals surface area (Å²) in [4.78, 5) is 13.8. The minimum atomic E-state index is -0.154. The molecule has 16 heavy (non-hydrogen) atoms. The zero-order valence-corrected chi connectivity index (χ0v) is 9.13. The number of fused-ring (bicyclic) bond motifs is 1. The summed E-state index contributed by atoms with van der Waals surface area (Å²) in [5, 5.41) is 0. The summed E-state index contributed by atoms with van der Waals surface area (Å²) in [6.07, 6.45) is 2.60. The summed E-state index contributed by atoms with van der Waals surface area (Å²) in [5.41, 5.74) is 1.08. The third-order valence-electron chi connectivity index (χ3n) is 3.39. The van der Waals surface area contributed by atoms with E-state index in [9.17, 15) is 4.79 Å². The van der Waals surface area contributed by atoms with Crippen molar-refractivity contribution in [3.05, 3.63) is 35.9 Å². The molecule has 2 heterocycles. The first kappa shape index (κ1) is 9.85. The molecule has 0 radical (unpaired) electrons. The molecular weight excluding hydrogens is 202 g/mol. The van der Waals surface area contributed by atoms with Crippen molar-refractivity contribution in [2.45, 2.75) is 31.5 Å². The van der Waals surface area contributed by atoms with Gasteiger partial charge in [-0.1, -0.05) is 30.3 Å². The van der Waals surface area contributed by atoms with Crippen molar-refractivity contribution >= 4 is 5.91 Å². The summed E-state index contributed by atoms with van der Waals surface area (Å²) in [6, 6.07) is 10.3. The molecule has 3 rings (SSSR count). The molecule has 84 valence electrons. The van der Waals surface area contributed by atoms with Crippen molar-refractivity contribution in [1.82, 2.24) is 4.90 Å². The Morgan fingerprint density at radius 1 is 1.25 bits per heavy atom. The van der Waals surface area contributed by atoms with Gasteiger partial charge in [-0.15, -0.1) is 0 Å². The monoisotopic (exact) mass is 217 g/mol. The molecule has 0 aromatic heterocycles. The number of hydrogen-bond acceptors (Lipinski definition) is 2. The van der Waals surface area contributed by atoms with Crippen LogP contribution >= 0.6 is 0 Å². The molecule has 2 aliphatic rings. The molecule has 1 aromatic rings. The summed E-state index contributed by atoms with van der Waals surface area (Å²) in [6.45, 7) is 0.686. The van der Waals surface area contributed by atoms with Gasteiger partial charge in [0.15, 0.2) is 6.23 Å². The Balaban J connectivity index is 1.89. The van der Waals surface area contributed by atoms with E-state index in [1.165, 1.54) is 0 Å². The van der Waals surface area contributed by atoms with E-state index < -0.39 is 0 Å². The van der Waals surface area contributed by atoms with Crippen LogP contribution in [-0.2, 0) is 9.53 Å². The molecule has 2 fully saturated rings. The van der Waals surface area contributed by atoms with Gasteiger partial charge in [-0.2, -0.15) is 0 Å². The first-order valence-electron chi connectivity index (χ1n) is 5.84. The second-order valence-electron chi connectivity index (χ2n) is 4.44. The fourth-order valence-corrected chi connectivity index (χ4v) is 2.60. The Kier molecular flexibility index (Phi) is 2.40. The summed E-state index contributed by atoms with van der Waals surface area (Å²) >= 11 is 0. The highest BCUT2D eigenvalue weighted by Gasteiger charge is 2.40. The topological polar surface area (TPSA) is 29.5 Å². The number of carbonyl (C=O) groups excluding carboxylic acids is 1. The number of nitrogens with zero attached hydrogens (tertiary/aromatic N) is 1. The smallest absolute Gasteiger partial charge is 0.225 e. The number of amides is 1. The highest BCUT2D eigenvalue weighted by Crippen LogP contribution is 2.35. The molecule has 2 atom stereocenters. The highest BCUT2D eigenvalue weighted by molar-refractivity contribution is 5.78. The van der Waals surface area contributed by atoms with Gasteiger partial charge in [-0.25, -0.2) is 0 Å². The average Bonchev–Trinajstić information content (AvgIpc) is 2.75. The zero-order valence-electron chi connectivity index (χ0n) is 9.13. The Bertz CT molecular complexity index is 390. The largest absolute Gasteiger partial charge is 0.352 e. The van der Waals surface area contributed by atoms with E-state index in [0.717, 1.165) is 18.4 Å². The molecule has 0 saturated carbocycles. The van der Waals surface area contributed by atoms with E-state index in [1.54, 1.807) is 0 Å². The number of piperidine rings is 1. The van der Waals surface area contributed by atoms with Crippen LogP contribution in [0.3, 0.4) is 0 Å². The van der Waals surface area contributed by atoms with Crippen LogP contribution in [0.4, 0.5) is 0 Å². The third-order valence-corrected chi connectivity index (χ3v) is 3.39. The fourth-order valence-electron chi connectivity index (χ4n) is 2.60. The Labute approximate surface area is 95.0 Å². The van der Waals surface area contributed by atoms with Gasteiger partial charge in [-0.3, -0.25) is 4.79 Å². The van der Waals surface area contributed by atoms with E-state index in [-0.39, 0.29) is 12.1 Å². The lowest BCUT2D eigenvalue weighted by Crippen LogP contribution is -2.41. The van der Waals surface area contributed by atoms with E-state index in [2.05, 4.69) is 0 Å². The molecule has 2 saturated heterocycles. The van der Waals surface area contributed by atoms with E-state index in [0.29, 0.717) is 19.1 Å². The van der Waals surface area contributed by atoms with Gasteiger partial charge in [0, 0.05) is 12.0 Å². The standard InChI is InChI=1S/C13H15NO2/c15-12-8-4-7-11-9-16-13(14(11)12)10-5-2-1-3-6-10/h1-3,5-6,11,13H,4,7-9H2/t11-,13-/m0/s1. The van der Waals surface area contributed by atoms with Crippen LogP contribution in [0.2, 0.25) is 0 Å². The minimum absolute atomic E-state index is 0.154. The van der Waals surface area contributed by atoms with Gasteiger partial charge in [0.25, 0.3) is 0 Å². The summed E-state index contributed by atoms with van der Waals surface area (Å²) < 4.78 is 5.76. The van der Waals surface area contributed by atoms with Crippen LogP contribution in [-0.4, -0.2) is 23.5 Å². The van der Waals surface area contributed by atoms with Crippen molar-refractivity contribution in [2.75, 3.05) is 6.61 Å². The Hall–Kier alpha value is -1.35. The second-order valence-corrected chi connectivity index (χ2v) is 4.44. The van der Waals surface area contributed by atoms with Crippen molar-refractivity contribution in [3.8, 4) is 0 Å². The fraction of sp³-hybridized carbons (Fsp3) is 0.462. The lowest BCUT2D eigenvalue weighted by atomic mass is 10.0. The predicted octanol–water partition coefficient (Wildman–Crippen LogP) is 2.10. The normalized spacial score (nSPS) is 29.2. The van der Waals surface area contributed by atoms with Gasteiger partial charge < -0.3 is 9.64 Å². The average molecular weight is 217 g/mol. The van der Waals surface area contributed by atoms with E-state index in [4.69, 9.17) is 4.74 Å². The molecule has 3 nitrogen and oxygen atoms in total. The number of benzene rings is 1. The van der Waals surface area contributed by atoms with Crippen molar-refractivity contribution in [1.29, 1.82) is 0 Å². The van der Waals surface area contributed by atoms with Crippen LogP contribution in [0.15, 0.2) is 30.3 Å². The molecule has 0 aliphatic carbocycles. The molecule has 3 heteroatoms. The van der Waals surface area contributed by atoms with Gasteiger partial charge >= 0.3 is 0 Å². The van der Waals surface area contributed by atoms with Gasteiger partial charge in [-0.05, 0) is 12.8 Å². The maximum absolute atomic E-state index is 11.9. The molecule has 0 bridgehead atoms. The summed E-state index contributed by atoms with van der Waals surface area (Å²) in [7, 11) is 0. The highest BCUT2D eigenvalue weighted by atomic mass is 16.5. The molecule has 0 N–H and O–H groups in total. The first-order chi connectivity index (χ1) is 7.86. The van der Waals surface area contributed by atoms with Gasteiger partial charge in [0.1, 0.15) is 0 Å². The number of hydrogen-bond donors (Lipinski definition) is 0. The minimum Gasteiger partial charge on any atom is -0.352 e. The Morgan fingerprint density at radius 3 is 2.88 bits per heavy atom. The molecule has 2 aliphatic heterocycles. The van der Waals surface area contributed by atoms with Gasteiger partial charge in [0.2, 0.25) is 5.91 Å². The molecule has 0 unspecified atom stereocenters. The second kappa shape index (κ2) is 3.91. The number of ether oxygens (including phenoxy) is 1. The van der Waals surface area contributed by atoms with Crippen LogP contribution in [0.5, 0.6) is 0 Å². The molecule has 0 spiro atoms. The van der Waals surface area contributed by atoms with E-state index in [1.807, 2.05) is 35.2 Å². The lowest BCUT2D eigenvalue weighted by Gasteiger charge is -2.32.